The van der Waals surface area contributed by atoms with Gasteiger partial charge >= 0.3 is 0 Å². The van der Waals surface area contributed by atoms with Gasteiger partial charge in [-0.2, -0.15) is 0 Å². The van der Waals surface area contributed by atoms with Crippen molar-refractivity contribution in [1.82, 2.24) is 15.1 Å². The summed E-state index contributed by atoms with van der Waals surface area (Å²) in [4.78, 5) is 10.2. The van der Waals surface area contributed by atoms with Gasteiger partial charge in [0.2, 0.25) is 0 Å². The summed E-state index contributed by atoms with van der Waals surface area (Å²) in [5, 5.41) is 3.53. The van der Waals surface area contributed by atoms with Crippen LogP contribution in [0.3, 0.4) is 0 Å². The molecule has 0 spiro atoms. The van der Waals surface area contributed by atoms with E-state index in [-0.39, 0.29) is 29.4 Å². The fourth-order valence-electron chi connectivity index (χ4n) is 4.73. The lowest BCUT2D eigenvalue weighted by atomic mass is 9.84. The van der Waals surface area contributed by atoms with E-state index in [1.54, 1.807) is 14.2 Å². The van der Waals surface area contributed by atoms with E-state index in [1.807, 2.05) is 6.07 Å². The average molecular weight is 559 g/mol. The smallest absolute Gasteiger partial charge is 0.193 e. The van der Waals surface area contributed by atoms with Gasteiger partial charge in [0.25, 0.3) is 0 Å². The van der Waals surface area contributed by atoms with Crippen LogP contribution in [0.4, 0.5) is 0 Å². The quantitative estimate of drug-likeness (QED) is 0.292. The van der Waals surface area contributed by atoms with Crippen molar-refractivity contribution in [2.24, 2.45) is 10.9 Å². The molecule has 1 N–H and O–H groups in total. The van der Waals surface area contributed by atoms with Crippen LogP contribution in [0.2, 0.25) is 0 Å². The Labute approximate surface area is 212 Å². The Bertz CT molecular complexity index is 735. The summed E-state index contributed by atoms with van der Waals surface area (Å²) < 4.78 is 10.9. The molecule has 0 bridgehead atoms. The molecule has 0 saturated carbocycles. The minimum atomic E-state index is -0.104. The van der Waals surface area contributed by atoms with E-state index in [2.05, 4.69) is 48.0 Å². The molecule has 1 aromatic rings. The van der Waals surface area contributed by atoms with E-state index in [1.165, 1.54) is 50.9 Å². The van der Waals surface area contributed by atoms with E-state index in [9.17, 15) is 0 Å². The maximum absolute atomic E-state index is 5.51. The van der Waals surface area contributed by atoms with E-state index in [0.717, 1.165) is 49.6 Å². The zero-order valence-corrected chi connectivity index (χ0v) is 23.0. The van der Waals surface area contributed by atoms with Crippen molar-refractivity contribution in [3.8, 4) is 11.5 Å². The number of benzene rings is 1. The van der Waals surface area contributed by atoms with E-state index >= 15 is 0 Å². The molecule has 1 unspecified atom stereocenters. The molecule has 0 aliphatic carbocycles. The highest BCUT2D eigenvalue weighted by Crippen LogP contribution is 2.33. The molecule has 2 heterocycles. The van der Waals surface area contributed by atoms with Crippen LogP contribution in [-0.4, -0.2) is 75.8 Å². The highest BCUT2D eigenvalue weighted by Gasteiger charge is 2.28. The number of rotatable bonds is 8. The minimum absolute atomic E-state index is 0. The first kappa shape index (κ1) is 27.0. The molecular weight excluding hydrogens is 515 g/mol. The van der Waals surface area contributed by atoms with Gasteiger partial charge in [0, 0.05) is 31.6 Å². The van der Waals surface area contributed by atoms with Gasteiger partial charge in [-0.25, -0.2) is 0 Å². The molecule has 0 aromatic heterocycles. The van der Waals surface area contributed by atoms with Crippen LogP contribution in [0.25, 0.3) is 0 Å². The van der Waals surface area contributed by atoms with Crippen LogP contribution >= 0.6 is 24.0 Å². The van der Waals surface area contributed by atoms with Crippen molar-refractivity contribution in [3.05, 3.63) is 23.8 Å². The lowest BCUT2D eigenvalue weighted by molar-refractivity contribution is 0.198. The fourth-order valence-corrected chi connectivity index (χ4v) is 4.73. The van der Waals surface area contributed by atoms with Crippen LogP contribution in [0.1, 0.15) is 52.0 Å². The van der Waals surface area contributed by atoms with Crippen molar-refractivity contribution in [1.29, 1.82) is 0 Å². The Kier molecular flexibility index (Phi) is 10.9. The zero-order chi connectivity index (χ0) is 22.3. The molecule has 2 saturated heterocycles. The molecular formula is C25H43IN4O2. The molecule has 0 radical (unpaired) electrons. The SMILES string of the molecule is CCNC(=NCC(C)(C)c1ccc(OC)c(OC)c1)N1CCC(CN2CCCCC2)C1.I. The Hall–Kier alpha value is -1.22. The lowest BCUT2D eigenvalue weighted by Crippen LogP contribution is -2.42. The topological polar surface area (TPSA) is 49.3 Å². The van der Waals surface area contributed by atoms with Gasteiger partial charge in [-0.1, -0.05) is 26.3 Å². The summed E-state index contributed by atoms with van der Waals surface area (Å²) in [6.45, 7) is 14.3. The number of nitrogens with one attached hydrogen (secondary N) is 1. The number of methoxy groups -OCH3 is 2. The first-order valence-corrected chi connectivity index (χ1v) is 11.9. The van der Waals surface area contributed by atoms with Crippen LogP contribution in [0, 0.1) is 5.92 Å². The highest BCUT2D eigenvalue weighted by molar-refractivity contribution is 14.0. The average Bonchev–Trinajstić information content (AvgIpc) is 3.25. The number of ether oxygens (including phenoxy) is 2. The second-order valence-electron chi connectivity index (χ2n) is 9.59. The molecule has 3 rings (SSSR count). The van der Waals surface area contributed by atoms with Crippen molar-refractivity contribution in [2.45, 2.75) is 51.9 Å². The summed E-state index contributed by atoms with van der Waals surface area (Å²) in [7, 11) is 3.36. The van der Waals surface area contributed by atoms with E-state index in [0.29, 0.717) is 0 Å². The summed E-state index contributed by atoms with van der Waals surface area (Å²) in [5.41, 5.74) is 1.10. The monoisotopic (exact) mass is 558 g/mol. The Morgan fingerprint density at radius 3 is 2.47 bits per heavy atom. The second kappa shape index (κ2) is 12.9. The minimum Gasteiger partial charge on any atom is -0.493 e. The molecule has 182 valence electrons. The second-order valence-corrected chi connectivity index (χ2v) is 9.59. The van der Waals surface area contributed by atoms with Gasteiger partial charge in [-0.15, -0.1) is 24.0 Å². The highest BCUT2D eigenvalue weighted by atomic mass is 127. The molecule has 2 aliphatic heterocycles. The Morgan fingerprint density at radius 1 is 1.09 bits per heavy atom. The summed E-state index contributed by atoms with van der Waals surface area (Å²) >= 11 is 0. The van der Waals surface area contributed by atoms with Crippen LogP contribution in [0.5, 0.6) is 11.5 Å². The molecule has 32 heavy (non-hydrogen) atoms. The van der Waals surface area contributed by atoms with Crippen molar-refractivity contribution >= 4 is 29.9 Å². The van der Waals surface area contributed by atoms with Gasteiger partial charge in [-0.3, -0.25) is 4.99 Å². The molecule has 1 aromatic carbocycles. The third-order valence-electron chi connectivity index (χ3n) is 6.67. The molecule has 7 heteroatoms. The zero-order valence-electron chi connectivity index (χ0n) is 20.7. The molecule has 0 amide bonds. The summed E-state index contributed by atoms with van der Waals surface area (Å²) in [5.74, 6) is 3.33. The van der Waals surface area contributed by atoms with Gasteiger partial charge in [0.05, 0.1) is 20.8 Å². The third-order valence-corrected chi connectivity index (χ3v) is 6.67. The number of guanidine groups is 1. The summed E-state index contributed by atoms with van der Waals surface area (Å²) in [6.07, 6.45) is 5.40. The number of aliphatic imine (C=N–C) groups is 1. The number of piperidine rings is 1. The molecule has 6 nitrogen and oxygen atoms in total. The first-order chi connectivity index (χ1) is 15.0. The van der Waals surface area contributed by atoms with Crippen molar-refractivity contribution < 1.29 is 9.47 Å². The maximum atomic E-state index is 5.51. The van der Waals surface area contributed by atoms with E-state index in [4.69, 9.17) is 14.5 Å². The van der Waals surface area contributed by atoms with Crippen molar-refractivity contribution in [2.75, 3.05) is 60.0 Å². The normalized spacial score (nSPS) is 20.1. The van der Waals surface area contributed by atoms with Crippen LogP contribution in [-0.2, 0) is 5.41 Å². The van der Waals surface area contributed by atoms with Gasteiger partial charge in [-0.05, 0) is 62.9 Å². The predicted octanol–water partition coefficient (Wildman–Crippen LogP) is 4.37. The lowest BCUT2D eigenvalue weighted by Gasteiger charge is -2.29. The van der Waals surface area contributed by atoms with Gasteiger partial charge in [0.1, 0.15) is 0 Å². The number of hydrogen-bond donors (Lipinski definition) is 1. The number of hydrogen-bond acceptors (Lipinski definition) is 4. The number of nitrogens with zero attached hydrogens (tertiary/aromatic N) is 3. The first-order valence-electron chi connectivity index (χ1n) is 11.9. The van der Waals surface area contributed by atoms with Crippen LogP contribution < -0.4 is 14.8 Å². The molecule has 2 aliphatic rings. The Balaban J connectivity index is 0.00000363. The van der Waals surface area contributed by atoms with Gasteiger partial charge < -0.3 is 24.6 Å². The molecule has 2 fully saturated rings. The summed E-state index contributed by atoms with van der Waals surface area (Å²) in [6, 6.07) is 6.18. The molecule has 1 atom stereocenters. The van der Waals surface area contributed by atoms with Crippen molar-refractivity contribution in [3.63, 3.8) is 0 Å². The Morgan fingerprint density at radius 2 is 1.81 bits per heavy atom. The van der Waals surface area contributed by atoms with Crippen LogP contribution in [0.15, 0.2) is 23.2 Å². The number of likely N-dealkylation sites (tertiary alicyclic amines) is 2. The fraction of sp³-hybridized carbons (Fsp3) is 0.720. The largest absolute Gasteiger partial charge is 0.493 e. The number of halogens is 1. The van der Waals surface area contributed by atoms with E-state index < -0.39 is 0 Å². The van der Waals surface area contributed by atoms with Gasteiger partial charge in [0.15, 0.2) is 17.5 Å². The standard InChI is InChI=1S/C25H42N4O2.HI/c1-6-26-24(29-15-12-20(18-29)17-28-13-8-7-9-14-28)27-19-25(2,3)21-10-11-22(30-4)23(16-21)31-5;/h10-11,16,20H,6-9,12-15,17-19H2,1-5H3,(H,26,27);1H. The predicted molar refractivity (Wildman–Crippen MR) is 144 cm³/mol. The third kappa shape index (κ3) is 7.14. The maximum Gasteiger partial charge on any atom is 0.193 e.